The maximum atomic E-state index is 12.9. The Morgan fingerprint density at radius 1 is 1.18 bits per heavy atom. The molecule has 5 nitrogen and oxygen atoms in total. The van der Waals surface area contributed by atoms with Crippen LogP contribution in [0.3, 0.4) is 0 Å². The predicted octanol–water partition coefficient (Wildman–Crippen LogP) is 6.22. The van der Waals surface area contributed by atoms with Crippen molar-refractivity contribution < 1.29 is 4.79 Å². The highest BCUT2D eigenvalue weighted by Gasteiger charge is 2.16. The van der Waals surface area contributed by atoms with Crippen LogP contribution in [0.2, 0.25) is 5.02 Å². The first kappa shape index (κ1) is 22.2. The standard InChI is InChI=1S/C25H22ClN3O2S2/c1-14-6-9-18(26)11-20(14)27-21(30)13-33-25-28-23(31)22-19(12-32-24(22)29-25)17-8-7-15-4-2-3-5-16(15)10-17/h6-12H,2-5,13H2,1H3,(H,27,30)(H,28,29,31). The number of aryl methyl sites for hydroxylation is 3. The normalized spacial score (nSPS) is 13.2. The molecule has 0 spiro atoms. The zero-order chi connectivity index (χ0) is 22.9. The van der Waals surface area contributed by atoms with Gasteiger partial charge in [-0.25, -0.2) is 4.98 Å². The molecular weight excluding hydrogens is 474 g/mol. The second kappa shape index (κ2) is 9.33. The van der Waals surface area contributed by atoms with E-state index in [1.807, 2.05) is 18.4 Å². The fourth-order valence-electron chi connectivity index (χ4n) is 4.16. The average Bonchev–Trinajstić information content (AvgIpc) is 3.24. The first-order valence-electron chi connectivity index (χ1n) is 10.8. The Morgan fingerprint density at radius 3 is 2.85 bits per heavy atom. The van der Waals surface area contributed by atoms with Crippen LogP contribution in [0.4, 0.5) is 5.69 Å². The molecule has 4 aromatic rings. The van der Waals surface area contributed by atoms with Crippen LogP contribution in [0.25, 0.3) is 21.3 Å². The number of nitrogens with one attached hydrogen (secondary N) is 2. The lowest BCUT2D eigenvalue weighted by Gasteiger charge is -2.16. The van der Waals surface area contributed by atoms with Gasteiger partial charge in [-0.2, -0.15) is 0 Å². The monoisotopic (exact) mass is 495 g/mol. The fourth-order valence-corrected chi connectivity index (χ4v) is 6.00. The van der Waals surface area contributed by atoms with Gasteiger partial charge in [0.25, 0.3) is 5.56 Å². The minimum absolute atomic E-state index is 0.128. The third-order valence-electron chi connectivity index (χ3n) is 5.90. The molecule has 0 aliphatic heterocycles. The first-order valence-corrected chi connectivity index (χ1v) is 13.0. The number of aromatic amines is 1. The summed E-state index contributed by atoms with van der Waals surface area (Å²) in [6.07, 6.45) is 4.69. The Bertz CT molecular complexity index is 1430. The van der Waals surface area contributed by atoms with Crippen molar-refractivity contribution in [2.45, 2.75) is 37.8 Å². The lowest BCUT2D eigenvalue weighted by atomic mass is 9.89. The van der Waals surface area contributed by atoms with Gasteiger partial charge in [0.1, 0.15) is 4.83 Å². The number of carbonyl (C=O) groups excluding carboxylic acids is 1. The van der Waals surface area contributed by atoms with Gasteiger partial charge < -0.3 is 10.3 Å². The van der Waals surface area contributed by atoms with Gasteiger partial charge in [0, 0.05) is 21.7 Å². The van der Waals surface area contributed by atoms with Gasteiger partial charge in [-0.05, 0) is 67.0 Å². The number of rotatable bonds is 5. The summed E-state index contributed by atoms with van der Waals surface area (Å²) < 4.78 is 0. The third kappa shape index (κ3) is 4.71. The smallest absolute Gasteiger partial charge is 0.260 e. The molecule has 1 amide bonds. The van der Waals surface area contributed by atoms with Crippen LogP contribution in [0.5, 0.6) is 0 Å². The number of thioether (sulfide) groups is 1. The zero-order valence-corrected chi connectivity index (χ0v) is 20.4. The Kier molecular flexibility index (Phi) is 6.27. The number of benzene rings is 2. The van der Waals surface area contributed by atoms with Crippen LogP contribution in [-0.4, -0.2) is 21.6 Å². The highest BCUT2D eigenvalue weighted by Crippen LogP contribution is 2.34. The molecule has 0 radical (unpaired) electrons. The van der Waals surface area contributed by atoms with Crippen molar-refractivity contribution in [3.8, 4) is 11.1 Å². The third-order valence-corrected chi connectivity index (χ3v) is 7.88. The summed E-state index contributed by atoms with van der Waals surface area (Å²) in [7, 11) is 0. The second-order valence-corrected chi connectivity index (χ2v) is 10.4. The van der Waals surface area contributed by atoms with Gasteiger partial charge in [-0.15, -0.1) is 11.3 Å². The molecule has 0 fully saturated rings. The van der Waals surface area contributed by atoms with Crippen LogP contribution >= 0.6 is 34.7 Å². The van der Waals surface area contributed by atoms with Crippen molar-refractivity contribution in [3.63, 3.8) is 0 Å². The van der Waals surface area contributed by atoms with Gasteiger partial charge in [0.05, 0.1) is 11.1 Å². The van der Waals surface area contributed by atoms with Crippen molar-refractivity contribution >= 4 is 56.5 Å². The molecule has 0 unspecified atom stereocenters. The molecule has 168 valence electrons. The highest BCUT2D eigenvalue weighted by molar-refractivity contribution is 7.99. The van der Waals surface area contributed by atoms with Crippen molar-refractivity contribution in [1.82, 2.24) is 9.97 Å². The largest absolute Gasteiger partial charge is 0.325 e. The molecular formula is C25H22ClN3O2S2. The lowest BCUT2D eigenvalue weighted by Crippen LogP contribution is -2.16. The number of nitrogens with zero attached hydrogens (tertiary/aromatic N) is 1. The van der Waals surface area contributed by atoms with E-state index in [1.165, 1.54) is 47.1 Å². The number of amides is 1. The lowest BCUT2D eigenvalue weighted by molar-refractivity contribution is -0.113. The van der Waals surface area contributed by atoms with E-state index in [0.29, 0.717) is 26.1 Å². The summed E-state index contributed by atoms with van der Waals surface area (Å²) in [5.74, 6) is -0.0576. The maximum absolute atomic E-state index is 12.9. The highest BCUT2D eigenvalue weighted by atomic mass is 35.5. The molecule has 8 heteroatoms. The SMILES string of the molecule is Cc1ccc(Cl)cc1NC(=O)CSc1nc2scc(-c3ccc4c(c3)CCCC4)c2c(=O)[nH]1. The number of carbonyl (C=O) groups is 1. The maximum Gasteiger partial charge on any atom is 0.260 e. The van der Waals surface area contributed by atoms with Crippen molar-refractivity contribution in [1.29, 1.82) is 0 Å². The van der Waals surface area contributed by atoms with E-state index in [2.05, 4.69) is 33.5 Å². The minimum Gasteiger partial charge on any atom is -0.325 e. The minimum atomic E-state index is -0.186. The van der Waals surface area contributed by atoms with E-state index in [9.17, 15) is 9.59 Å². The fraction of sp³-hybridized carbons (Fsp3) is 0.240. The van der Waals surface area contributed by atoms with E-state index in [0.717, 1.165) is 29.5 Å². The summed E-state index contributed by atoms with van der Waals surface area (Å²) in [6.45, 7) is 1.91. The summed E-state index contributed by atoms with van der Waals surface area (Å²) in [4.78, 5) is 33.5. The van der Waals surface area contributed by atoms with Crippen LogP contribution in [0, 0.1) is 6.92 Å². The molecule has 2 aromatic carbocycles. The van der Waals surface area contributed by atoms with Crippen molar-refractivity contribution in [3.05, 3.63) is 73.8 Å². The van der Waals surface area contributed by atoms with Crippen molar-refractivity contribution in [2.24, 2.45) is 0 Å². The molecule has 0 saturated heterocycles. The van der Waals surface area contributed by atoms with Crippen LogP contribution in [-0.2, 0) is 17.6 Å². The molecule has 1 aliphatic rings. The average molecular weight is 496 g/mol. The number of halogens is 1. The molecule has 0 atom stereocenters. The number of H-pyrrole nitrogens is 1. The van der Waals surface area contributed by atoms with Crippen LogP contribution < -0.4 is 10.9 Å². The predicted molar refractivity (Wildman–Crippen MR) is 138 cm³/mol. The number of thiophene rings is 1. The summed E-state index contributed by atoms with van der Waals surface area (Å²) in [6, 6.07) is 11.9. The zero-order valence-electron chi connectivity index (χ0n) is 18.0. The van der Waals surface area contributed by atoms with Crippen LogP contribution in [0.1, 0.15) is 29.5 Å². The molecule has 2 N–H and O–H groups in total. The van der Waals surface area contributed by atoms with E-state index >= 15 is 0 Å². The molecule has 1 aliphatic carbocycles. The summed E-state index contributed by atoms with van der Waals surface area (Å²) in [5.41, 5.74) is 6.21. The topological polar surface area (TPSA) is 74.8 Å². The number of hydrogen-bond acceptors (Lipinski definition) is 5. The van der Waals surface area contributed by atoms with Gasteiger partial charge in [0.2, 0.25) is 5.91 Å². The van der Waals surface area contributed by atoms with E-state index in [4.69, 9.17) is 11.6 Å². The molecule has 33 heavy (non-hydrogen) atoms. The quantitative estimate of drug-likeness (QED) is 0.254. The Morgan fingerprint density at radius 2 is 2.00 bits per heavy atom. The molecule has 0 saturated carbocycles. The first-order chi connectivity index (χ1) is 16.0. The Hall–Kier alpha value is -2.61. The number of fused-ring (bicyclic) bond motifs is 2. The van der Waals surface area contributed by atoms with Crippen LogP contribution in [0.15, 0.2) is 51.7 Å². The van der Waals surface area contributed by atoms with E-state index in [1.54, 1.807) is 12.1 Å². The summed E-state index contributed by atoms with van der Waals surface area (Å²) >= 11 is 8.68. The molecule has 2 aromatic heterocycles. The molecule has 0 bridgehead atoms. The van der Waals surface area contributed by atoms with E-state index in [-0.39, 0.29) is 17.2 Å². The van der Waals surface area contributed by atoms with Gasteiger partial charge >= 0.3 is 0 Å². The van der Waals surface area contributed by atoms with E-state index < -0.39 is 0 Å². The molecule has 2 heterocycles. The van der Waals surface area contributed by atoms with Crippen molar-refractivity contribution in [2.75, 3.05) is 11.1 Å². The Labute approximate surface area is 204 Å². The molecule has 5 rings (SSSR count). The van der Waals surface area contributed by atoms with Gasteiger partial charge in [0.15, 0.2) is 5.16 Å². The number of aromatic nitrogens is 2. The second-order valence-electron chi connectivity index (χ2n) is 8.19. The van der Waals surface area contributed by atoms with Gasteiger partial charge in [-0.1, -0.05) is 47.6 Å². The number of hydrogen-bond donors (Lipinski definition) is 2. The Balaban J connectivity index is 1.35. The summed E-state index contributed by atoms with van der Waals surface area (Å²) in [5, 5.41) is 6.47. The number of anilines is 1. The van der Waals surface area contributed by atoms with Gasteiger partial charge in [-0.3, -0.25) is 9.59 Å².